The van der Waals surface area contributed by atoms with E-state index in [1.54, 1.807) is 6.07 Å². The predicted molar refractivity (Wildman–Crippen MR) is 87.2 cm³/mol. The third-order valence-electron chi connectivity index (χ3n) is 2.82. The molecule has 0 unspecified atom stereocenters. The van der Waals surface area contributed by atoms with Crippen LogP contribution in [0.15, 0.2) is 48.7 Å². The monoisotopic (exact) mass is 304 g/mol. The van der Waals surface area contributed by atoms with Crippen molar-refractivity contribution in [3.05, 3.63) is 54.2 Å². The van der Waals surface area contributed by atoms with Crippen molar-refractivity contribution in [1.29, 1.82) is 0 Å². The van der Waals surface area contributed by atoms with Crippen LogP contribution in [0.4, 0.5) is 0 Å². The molecule has 3 N–H and O–H groups in total. The minimum atomic E-state index is -0.0873. The van der Waals surface area contributed by atoms with E-state index in [0.29, 0.717) is 0 Å². The van der Waals surface area contributed by atoms with Gasteiger partial charge in [0.15, 0.2) is 5.75 Å². The largest absolute Gasteiger partial charge is 0.503 e. The number of aliphatic hydroxyl groups excluding tert-OH is 1. The lowest BCUT2D eigenvalue weighted by atomic mass is 10.1. The summed E-state index contributed by atoms with van der Waals surface area (Å²) in [6.45, 7) is 1.16. The van der Waals surface area contributed by atoms with Gasteiger partial charge in [-0.15, -0.1) is 0 Å². The van der Waals surface area contributed by atoms with Gasteiger partial charge in [-0.05, 0) is 44.1 Å². The van der Waals surface area contributed by atoms with Crippen LogP contribution in [0.25, 0.3) is 0 Å². The first kappa shape index (κ1) is 17.9. The second kappa shape index (κ2) is 11.5. The van der Waals surface area contributed by atoms with Gasteiger partial charge in [0.05, 0.1) is 6.61 Å². The normalized spacial score (nSPS) is 9.73. The first-order valence-electron chi connectivity index (χ1n) is 7.34. The number of nitrogens with one attached hydrogen (secondary N) is 1. The fourth-order valence-corrected chi connectivity index (χ4v) is 1.75. The molecule has 0 bridgehead atoms. The highest BCUT2D eigenvalue weighted by atomic mass is 16.5. The molecule has 5 heteroatoms. The topological polar surface area (TPSA) is 74.6 Å². The van der Waals surface area contributed by atoms with E-state index < -0.39 is 0 Å². The van der Waals surface area contributed by atoms with Gasteiger partial charge in [-0.25, -0.2) is 4.98 Å². The third kappa shape index (κ3) is 7.61. The molecular weight excluding hydrogens is 280 g/mol. The highest BCUT2D eigenvalue weighted by Crippen LogP contribution is 2.20. The molecule has 0 amide bonds. The molecular formula is C17H24N2O3. The number of benzene rings is 1. The molecule has 0 fully saturated rings. The van der Waals surface area contributed by atoms with E-state index in [-0.39, 0.29) is 24.8 Å². The summed E-state index contributed by atoms with van der Waals surface area (Å²) < 4.78 is 4.87. The van der Waals surface area contributed by atoms with Crippen molar-refractivity contribution in [3.8, 4) is 11.6 Å². The maximum atomic E-state index is 9.07. The number of ether oxygens (including phenoxy) is 1. The molecule has 2 aromatic rings. The van der Waals surface area contributed by atoms with Crippen molar-refractivity contribution in [2.24, 2.45) is 0 Å². The van der Waals surface area contributed by atoms with E-state index in [4.69, 9.17) is 14.9 Å². The Balaban J connectivity index is 0.000000220. The Morgan fingerprint density at radius 3 is 2.55 bits per heavy atom. The number of aromatic hydroxyl groups is 1. The minimum absolute atomic E-state index is 0.0130. The van der Waals surface area contributed by atoms with Crippen LogP contribution in [0, 0.1) is 0 Å². The van der Waals surface area contributed by atoms with Gasteiger partial charge in [-0.3, -0.25) is 0 Å². The molecule has 0 aliphatic heterocycles. The quantitative estimate of drug-likeness (QED) is 0.682. The molecule has 1 aromatic carbocycles. The molecule has 2 rings (SSSR count). The highest BCUT2D eigenvalue weighted by Gasteiger charge is 1.99. The first-order valence-corrected chi connectivity index (χ1v) is 7.34. The Bertz CT molecular complexity index is 506. The molecule has 0 aliphatic rings. The molecule has 0 radical (unpaired) electrons. The number of aliphatic hydroxyl groups is 1. The van der Waals surface area contributed by atoms with Gasteiger partial charge >= 0.3 is 0 Å². The summed E-state index contributed by atoms with van der Waals surface area (Å²) in [5.41, 5.74) is 1.43. The molecule has 0 spiro atoms. The number of aromatic nitrogens is 1. The molecule has 0 atom stereocenters. The molecule has 22 heavy (non-hydrogen) atoms. The molecule has 5 nitrogen and oxygen atoms in total. The minimum Gasteiger partial charge on any atom is -0.503 e. The van der Waals surface area contributed by atoms with Crippen molar-refractivity contribution >= 4 is 0 Å². The fourth-order valence-electron chi connectivity index (χ4n) is 1.75. The predicted octanol–water partition coefficient (Wildman–Crippen LogP) is 2.00. The highest BCUT2D eigenvalue weighted by molar-refractivity contribution is 5.30. The molecule has 0 saturated carbocycles. The van der Waals surface area contributed by atoms with Crippen molar-refractivity contribution in [2.75, 3.05) is 26.8 Å². The molecule has 0 aliphatic carbocycles. The van der Waals surface area contributed by atoms with Crippen LogP contribution in [-0.2, 0) is 6.42 Å². The Morgan fingerprint density at radius 1 is 1.14 bits per heavy atom. The van der Waals surface area contributed by atoms with Crippen LogP contribution < -0.4 is 10.1 Å². The Morgan fingerprint density at radius 2 is 1.91 bits per heavy atom. The SMILES string of the molecule is CNCCCc1ccccc1.OCCOc1ncccc1O. The third-order valence-corrected chi connectivity index (χ3v) is 2.82. The van der Waals surface area contributed by atoms with Crippen LogP contribution >= 0.6 is 0 Å². The first-order chi connectivity index (χ1) is 10.8. The number of hydrogen-bond donors (Lipinski definition) is 3. The number of nitrogens with zero attached hydrogens (tertiary/aromatic N) is 1. The van der Waals surface area contributed by atoms with E-state index in [1.807, 2.05) is 7.05 Å². The average molecular weight is 304 g/mol. The summed E-state index contributed by atoms with van der Waals surface area (Å²) in [7, 11) is 1.99. The van der Waals surface area contributed by atoms with Crippen molar-refractivity contribution in [2.45, 2.75) is 12.8 Å². The second-order valence-corrected chi connectivity index (χ2v) is 4.59. The fraction of sp³-hybridized carbons (Fsp3) is 0.353. The lowest BCUT2D eigenvalue weighted by Gasteiger charge is -2.02. The van der Waals surface area contributed by atoms with E-state index in [0.717, 1.165) is 6.54 Å². The Kier molecular flexibility index (Phi) is 9.41. The molecule has 120 valence electrons. The maximum absolute atomic E-state index is 9.07. The number of rotatable bonds is 7. The van der Waals surface area contributed by atoms with Gasteiger partial charge in [-0.2, -0.15) is 0 Å². The van der Waals surface area contributed by atoms with Crippen molar-refractivity contribution in [1.82, 2.24) is 10.3 Å². The maximum Gasteiger partial charge on any atom is 0.256 e. The van der Waals surface area contributed by atoms with Crippen LogP contribution in [0.5, 0.6) is 11.6 Å². The zero-order valence-electron chi connectivity index (χ0n) is 12.9. The van der Waals surface area contributed by atoms with E-state index in [9.17, 15) is 0 Å². The van der Waals surface area contributed by atoms with Crippen LogP contribution in [0.2, 0.25) is 0 Å². The van der Waals surface area contributed by atoms with Gasteiger partial charge in [0.2, 0.25) is 0 Å². The standard InChI is InChI=1S/C10H15N.C7H9NO3/c1-11-9-5-8-10-6-3-2-4-7-10;9-4-5-11-7-6(10)2-1-3-8-7/h2-4,6-7,11H,5,8-9H2,1H3;1-3,9-10H,4-5H2. The average Bonchev–Trinajstić information content (AvgIpc) is 2.56. The van der Waals surface area contributed by atoms with Crippen LogP contribution in [0.1, 0.15) is 12.0 Å². The van der Waals surface area contributed by atoms with E-state index >= 15 is 0 Å². The van der Waals surface area contributed by atoms with E-state index in [1.165, 1.54) is 30.7 Å². The Labute approximate surface area is 131 Å². The number of aryl methyl sites for hydroxylation is 1. The lowest BCUT2D eigenvalue weighted by Crippen LogP contribution is -2.08. The van der Waals surface area contributed by atoms with E-state index in [2.05, 4.69) is 40.6 Å². The lowest BCUT2D eigenvalue weighted by molar-refractivity contribution is 0.192. The number of hydrogen-bond acceptors (Lipinski definition) is 5. The van der Waals surface area contributed by atoms with Gasteiger partial charge in [0, 0.05) is 6.20 Å². The molecule has 1 aromatic heterocycles. The summed E-state index contributed by atoms with van der Waals surface area (Å²) >= 11 is 0. The van der Waals surface area contributed by atoms with Crippen LogP contribution in [-0.4, -0.2) is 42.0 Å². The summed E-state index contributed by atoms with van der Waals surface area (Å²) in [5, 5.41) is 20.6. The van der Waals surface area contributed by atoms with Crippen molar-refractivity contribution < 1.29 is 14.9 Å². The van der Waals surface area contributed by atoms with Gasteiger partial charge < -0.3 is 20.3 Å². The Hall–Kier alpha value is -2.11. The van der Waals surface area contributed by atoms with Gasteiger partial charge in [0.1, 0.15) is 6.61 Å². The smallest absolute Gasteiger partial charge is 0.256 e. The molecule has 0 saturated heterocycles. The summed E-state index contributed by atoms with van der Waals surface area (Å²) in [6, 6.07) is 13.7. The zero-order chi connectivity index (χ0) is 16.0. The summed E-state index contributed by atoms with van der Waals surface area (Å²) in [4.78, 5) is 3.73. The zero-order valence-corrected chi connectivity index (χ0v) is 12.9. The summed E-state index contributed by atoms with van der Waals surface area (Å²) in [6.07, 6.45) is 3.91. The van der Waals surface area contributed by atoms with Gasteiger partial charge in [0.25, 0.3) is 5.88 Å². The molecule has 1 heterocycles. The van der Waals surface area contributed by atoms with Gasteiger partial charge in [-0.1, -0.05) is 30.3 Å². The van der Waals surface area contributed by atoms with Crippen molar-refractivity contribution in [3.63, 3.8) is 0 Å². The summed E-state index contributed by atoms with van der Waals surface area (Å²) in [5.74, 6) is 0.141. The number of pyridine rings is 1. The van der Waals surface area contributed by atoms with Crippen LogP contribution in [0.3, 0.4) is 0 Å². The second-order valence-electron chi connectivity index (χ2n) is 4.59.